The zero-order valence-electron chi connectivity index (χ0n) is 18.1. The quantitative estimate of drug-likeness (QED) is 0.245. The zero-order chi connectivity index (χ0) is 21.1. The molecule has 0 saturated carbocycles. The van der Waals surface area contributed by atoms with Gasteiger partial charge >= 0.3 is 0 Å². The van der Waals surface area contributed by atoms with Crippen molar-refractivity contribution in [2.24, 2.45) is 0 Å². The highest BCUT2D eigenvalue weighted by Gasteiger charge is 2.37. The largest absolute Gasteiger partial charge is 0.366 e. The molecule has 0 saturated heterocycles. The lowest BCUT2D eigenvalue weighted by molar-refractivity contribution is -0.108. The average molecular weight is 399 g/mol. The van der Waals surface area contributed by atoms with Crippen molar-refractivity contribution in [3.63, 3.8) is 0 Å². The van der Waals surface area contributed by atoms with Crippen molar-refractivity contribution in [3.8, 4) is 0 Å². The second-order valence-corrected chi connectivity index (χ2v) is 7.29. The molecule has 0 amide bonds. The van der Waals surface area contributed by atoms with Crippen LogP contribution in [-0.2, 0) is 19.8 Å². The zero-order valence-corrected chi connectivity index (χ0v) is 18.1. The van der Waals surface area contributed by atoms with Crippen molar-refractivity contribution in [1.82, 2.24) is 0 Å². The van der Waals surface area contributed by atoms with E-state index in [2.05, 4.69) is 19.1 Å². The Hall–Kier alpha value is -2.01. The first-order valence-electron chi connectivity index (χ1n) is 10.4. The Morgan fingerprint density at radius 3 is 2.24 bits per heavy atom. The topological polar surface area (TPSA) is 44.8 Å². The lowest BCUT2D eigenvalue weighted by Gasteiger charge is -2.36. The van der Waals surface area contributed by atoms with Gasteiger partial charge in [-0.25, -0.2) is 0 Å². The summed E-state index contributed by atoms with van der Waals surface area (Å²) in [4.78, 5) is 12.4. The van der Waals surface area contributed by atoms with Crippen LogP contribution >= 0.6 is 0 Å². The van der Waals surface area contributed by atoms with Gasteiger partial charge in [-0.1, -0.05) is 61.5 Å². The minimum atomic E-state index is -0.658. The van der Waals surface area contributed by atoms with Gasteiger partial charge in [-0.3, -0.25) is 4.79 Å². The summed E-state index contributed by atoms with van der Waals surface area (Å²) in [5.41, 5.74) is 2.09. The summed E-state index contributed by atoms with van der Waals surface area (Å²) in [7, 11) is 3.33. The molecule has 0 aliphatic rings. The van der Waals surface area contributed by atoms with Crippen molar-refractivity contribution in [2.45, 2.75) is 57.8 Å². The molecule has 0 fully saturated rings. The Labute approximate surface area is 175 Å². The van der Waals surface area contributed by atoms with E-state index in [0.29, 0.717) is 6.61 Å². The molecule has 0 bridgehead atoms. The summed E-state index contributed by atoms with van der Waals surface area (Å²) in [5.74, 6) is 0.0554. The third-order valence-corrected chi connectivity index (χ3v) is 5.28. The monoisotopic (exact) mass is 398 g/mol. The Bertz CT molecular complexity index is 739. The van der Waals surface area contributed by atoms with Crippen molar-refractivity contribution in [1.29, 1.82) is 0 Å². The van der Waals surface area contributed by atoms with E-state index in [9.17, 15) is 4.79 Å². The van der Waals surface area contributed by atoms with Gasteiger partial charge in [0.05, 0.1) is 0 Å². The third kappa shape index (κ3) is 5.99. The van der Waals surface area contributed by atoms with Gasteiger partial charge in [-0.05, 0) is 50.2 Å². The van der Waals surface area contributed by atoms with E-state index < -0.39 is 5.60 Å². The van der Waals surface area contributed by atoms with E-state index in [1.54, 1.807) is 21.1 Å². The molecule has 4 heteroatoms. The molecule has 0 N–H and O–H groups in total. The van der Waals surface area contributed by atoms with Crippen LogP contribution < -0.4 is 0 Å². The van der Waals surface area contributed by atoms with E-state index >= 15 is 0 Å². The van der Waals surface area contributed by atoms with E-state index in [1.165, 1.54) is 0 Å². The van der Waals surface area contributed by atoms with Gasteiger partial charge in [-0.15, -0.1) is 0 Å². The maximum absolute atomic E-state index is 12.4. The van der Waals surface area contributed by atoms with Crippen molar-refractivity contribution in [2.75, 3.05) is 20.8 Å². The summed E-state index contributed by atoms with van der Waals surface area (Å²) in [6.07, 6.45) is 4.18. The van der Waals surface area contributed by atoms with Crippen LogP contribution in [-0.4, -0.2) is 32.9 Å². The van der Waals surface area contributed by atoms with Crippen LogP contribution in [0.4, 0.5) is 0 Å². The van der Waals surface area contributed by atoms with E-state index in [0.717, 1.165) is 48.8 Å². The predicted molar refractivity (Wildman–Crippen MR) is 116 cm³/mol. The van der Waals surface area contributed by atoms with Crippen molar-refractivity contribution >= 4 is 5.78 Å². The fourth-order valence-corrected chi connectivity index (χ4v) is 3.81. The number of hydrogen-bond donors (Lipinski definition) is 0. The van der Waals surface area contributed by atoms with Gasteiger partial charge in [0, 0.05) is 26.4 Å². The van der Waals surface area contributed by atoms with Crippen molar-refractivity contribution < 1.29 is 19.0 Å². The molecule has 0 heterocycles. The van der Waals surface area contributed by atoms with Gasteiger partial charge in [0.1, 0.15) is 5.60 Å². The number of carbonyl (C=O) groups is 1. The van der Waals surface area contributed by atoms with Crippen LogP contribution in [0.15, 0.2) is 54.6 Å². The number of ether oxygens (including phenoxy) is 3. The van der Waals surface area contributed by atoms with Crippen molar-refractivity contribution in [3.05, 3.63) is 71.3 Å². The summed E-state index contributed by atoms with van der Waals surface area (Å²) < 4.78 is 17.2. The molecule has 158 valence electrons. The number of methoxy groups -OCH3 is 2. The van der Waals surface area contributed by atoms with Crippen LogP contribution in [0, 0.1) is 0 Å². The number of ketones is 1. The number of hydrogen-bond acceptors (Lipinski definition) is 4. The first kappa shape index (κ1) is 23.3. The number of rotatable bonds is 13. The Morgan fingerprint density at radius 2 is 1.62 bits per heavy atom. The average Bonchev–Trinajstić information content (AvgIpc) is 2.76. The molecular weight excluding hydrogens is 364 g/mol. The third-order valence-electron chi connectivity index (χ3n) is 5.28. The van der Waals surface area contributed by atoms with Gasteiger partial charge in [-0.2, -0.15) is 0 Å². The highest BCUT2D eigenvalue weighted by Crippen LogP contribution is 2.40. The minimum Gasteiger partial charge on any atom is -0.366 e. The number of unbranched alkanes of at least 4 members (excludes halogenated alkanes) is 1. The number of benzene rings is 2. The predicted octanol–water partition coefficient (Wildman–Crippen LogP) is 5.74. The molecule has 2 aromatic rings. The standard InChI is InChI=1S/C25H34O4/c1-5-19-29-25(21-13-7-6-8-14-21,18-12-11-17-24(27-3)28-4)23-16-10-9-15-22(23)20(2)26/h6-10,13-16,24H,5,11-12,17-19H2,1-4H3. The molecule has 0 aromatic heterocycles. The lowest BCUT2D eigenvalue weighted by Crippen LogP contribution is -2.33. The maximum atomic E-state index is 12.4. The van der Waals surface area contributed by atoms with E-state index in [4.69, 9.17) is 14.2 Å². The van der Waals surface area contributed by atoms with Gasteiger partial charge < -0.3 is 14.2 Å². The summed E-state index contributed by atoms with van der Waals surface area (Å²) in [5, 5.41) is 0. The molecule has 2 rings (SSSR count). The molecule has 0 radical (unpaired) electrons. The van der Waals surface area contributed by atoms with Gasteiger partial charge in [0.2, 0.25) is 0 Å². The Balaban J connectivity index is 2.44. The Kier molecular flexibility index (Phi) is 9.52. The summed E-state index contributed by atoms with van der Waals surface area (Å²) >= 11 is 0. The fraction of sp³-hybridized carbons (Fsp3) is 0.480. The highest BCUT2D eigenvalue weighted by atomic mass is 16.7. The van der Waals surface area contributed by atoms with Gasteiger partial charge in [0.15, 0.2) is 12.1 Å². The van der Waals surface area contributed by atoms with Crippen LogP contribution in [0.3, 0.4) is 0 Å². The smallest absolute Gasteiger partial charge is 0.160 e. The SMILES string of the molecule is CCCOC(CCCCC(OC)OC)(c1ccccc1)c1ccccc1C(C)=O. The molecule has 29 heavy (non-hydrogen) atoms. The van der Waals surface area contributed by atoms with Crippen LogP contribution in [0.2, 0.25) is 0 Å². The minimum absolute atomic E-state index is 0.0554. The van der Waals surface area contributed by atoms with Crippen LogP contribution in [0.1, 0.15) is 67.4 Å². The maximum Gasteiger partial charge on any atom is 0.160 e. The molecule has 1 unspecified atom stereocenters. The first-order valence-corrected chi connectivity index (χ1v) is 10.4. The molecule has 4 nitrogen and oxygen atoms in total. The fourth-order valence-electron chi connectivity index (χ4n) is 3.81. The summed E-state index contributed by atoms with van der Waals surface area (Å²) in [6, 6.07) is 18.1. The van der Waals surface area contributed by atoms with Crippen LogP contribution in [0.5, 0.6) is 0 Å². The molecule has 0 aliphatic carbocycles. The molecule has 0 aliphatic heterocycles. The lowest BCUT2D eigenvalue weighted by atomic mass is 9.79. The number of Topliss-reactive ketones (excluding diaryl/α,β-unsaturated/α-hetero) is 1. The second kappa shape index (κ2) is 11.9. The molecule has 0 spiro atoms. The highest BCUT2D eigenvalue weighted by molar-refractivity contribution is 5.96. The normalized spacial score (nSPS) is 13.4. The van der Waals surface area contributed by atoms with E-state index in [-0.39, 0.29) is 12.1 Å². The molecule has 1 atom stereocenters. The second-order valence-electron chi connectivity index (χ2n) is 7.29. The van der Waals surface area contributed by atoms with Crippen LogP contribution in [0.25, 0.3) is 0 Å². The molecular formula is C25H34O4. The summed E-state index contributed by atoms with van der Waals surface area (Å²) in [6.45, 7) is 4.35. The molecule has 2 aromatic carbocycles. The first-order chi connectivity index (χ1) is 14.1. The number of carbonyl (C=O) groups excluding carboxylic acids is 1. The van der Waals surface area contributed by atoms with E-state index in [1.807, 2.05) is 42.5 Å². The van der Waals surface area contributed by atoms with Gasteiger partial charge in [0.25, 0.3) is 0 Å². The Morgan fingerprint density at radius 1 is 0.966 bits per heavy atom.